The van der Waals surface area contributed by atoms with Crippen molar-refractivity contribution in [3.8, 4) is 0 Å². The summed E-state index contributed by atoms with van der Waals surface area (Å²) in [5.41, 5.74) is 0.877. The first-order valence-corrected chi connectivity index (χ1v) is 15.6. The highest BCUT2D eigenvalue weighted by Gasteiger charge is 2.65. The predicted octanol–water partition coefficient (Wildman–Crippen LogP) is 4.18. The number of carbonyl (C=O) groups is 2. The van der Waals surface area contributed by atoms with Crippen LogP contribution in [0.25, 0.3) is 0 Å². The Bertz CT molecular complexity index is 1060. The quantitative estimate of drug-likeness (QED) is 0.328. The maximum Gasteiger partial charge on any atom is 0.326 e. The van der Waals surface area contributed by atoms with Gasteiger partial charge in [0.25, 0.3) is 0 Å². The average molecular weight is 556 g/mol. The van der Waals surface area contributed by atoms with Gasteiger partial charge in [-0.1, -0.05) is 51.1 Å². The maximum absolute atomic E-state index is 12.8. The number of rotatable bonds is 8. The standard InChI is InChI=1S/C33H49NO6/c1-19(9-12-27(36)34-26(31(39)40)17-20-7-5-4-6-8-20)22-10-11-23-28-24(14-16-32(22,23)2)33(3)15-13-21(35)18-25(33)29(37)30(28)38/h4-8,19,21-26,28-30,35,37-38H,9-18H2,1-3H3,(H,34,36)(H,39,40)/t19-,21-,22-,23+,24+,25+,26+,28+,29+,30+,32-,33-/m1/s1. The van der Waals surface area contributed by atoms with Crippen molar-refractivity contribution in [2.24, 2.45) is 46.3 Å². The summed E-state index contributed by atoms with van der Waals surface area (Å²) < 4.78 is 0. The van der Waals surface area contributed by atoms with Gasteiger partial charge in [0.1, 0.15) is 6.04 Å². The summed E-state index contributed by atoms with van der Waals surface area (Å²) in [4.78, 5) is 24.6. The SMILES string of the molecule is C[C@H](CCC(=O)N[C@@H](Cc1ccccc1)C(=O)O)[C@H]1CC[C@H]2[C@@H]3[C@H](O)[C@@H](O)[C@@H]4C[C@H](O)CC[C@]4(C)[C@H]3CC[C@]12C. The van der Waals surface area contributed by atoms with Gasteiger partial charge < -0.3 is 25.7 Å². The second-order valence-corrected chi connectivity index (χ2v) is 14.2. The largest absolute Gasteiger partial charge is 0.480 e. The maximum atomic E-state index is 12.8. The van der Waals surface area contributed by atoms with Gasteiger partial charge in [0, 0.05) is 12.8 Å². The molecular weight excluding hydrogens is 506 g/mol. The number of aliphatic hydroxyl groups excluding tert-OH is 3. The number of carboxylic acids is 1. The Labute approximate surface area is 238 Å². The van der Waals surface area contributed by atoms with E-state index in [0.717, 1.165) is 44.1 Å². The van der Waals surface area contributed by atoms with Crippen molar-refractivity contribution in [2.45, 2.75) is 109 Å². The lowest BCUT2D eigenvalue weighted by molar-refractivity contribution is -0.223. The number of aliphatic hydroxyl groups is 3. The monoisotopic (exact) mass is 555 g/mol. The Hall–Kier alpha value is -1.96. The molecule has 40 heavy (non-hydrogen) atoms. The summed E-state index contributed by atoms with van der Waals surface area (Å²) in [6.07, 6.45) is 5.80. The summed E-state index contributed by atoms with van der Waals surface area (Å²) in [5, 5.41) is 45.5. The number of carbonyl (C=O) groups excluding carboxylic acids is 1. The lowest BCUT2D eigenvalue weighted by Gasteiger charge is -2.63. The number of nitrogens with one attached hydrogen (secondary N) is 1. The van der Waals surface area contributed by atoms with Gasteiger partial charge in [0.05, 0.1) is 18.3 Å². The minimum atomic E-state index is -1.02. The lowest BCUT2D eigenvalue weighted by Crippen LogP contribution is -2.64. The van der Waals surface area contributed by atoms with Gasteiger partial charge in [-0.15, -0.1) is 0 Å². The van der Waals surface area contributed by atoms with Gasteiger partial charge in [-0.05, 0) is 103 Å². The van der Waals surface area contributed by atoms with Crippen LogP contribution in [0.15, 0.2) is 30.3 Å². The van der Waals surface area contributed by atoms with E-state index in [-0.39, 0.29) is 41.1 Å². The van der Waals surface area contributed by atoms with Crippen molar-refractivity contribution in [3.05, 3.63) is 35.9 Å². The molecule has 4 fully saturated rings. The number of aliphatic carboxylic acids is 1. The highest BCUT2D eigenvalue weighted by atomic mass is 16.4. The number of benzene rings is 1. The van der Waals surface area contributed by atoms with Crippen LogP contribution in [0, 0.1) is 46.3 Å². The van der Waals surface area contributed by atoms with Crippen molar-refractivity contribution < 1.29 is 30.0 Å². The summed E-state index contributed by atoms with van der Waals surface area (Å²) in [7, 11) is 0. The minimum absolute atomic E-state index is 0.0477. The molecular formula is C33H49NO6. The molecule has 0 bridgehead atoms. The number of hydrogen-bond donors (Lipinski definition) is 5. The number of hydrogen-bond acceptors (Lipinski definition) is 5. The Morgan fingerprint density at radius 1 is 0.925 bits per heavy atom. The van der Waals surface area contributed by atoms with Crippen LogP contribution in [0.4, 0.5) is 0 Å². The lowest BCUT2D eigenvalue weighted by atomic mass is 9.43. The smallest absolute Gasteiger partial charge is 0.326 e. The van der Waals surface area contributed by atoms with Crippen molar-refractivity contribution in [3.63, 3.8) is 0 Å². The molecule has 1 aromatic rings. The van der Waals surface area contributed by atoms with Crippen LogP contribution >= 0.6 is 0 Å². The van der Waals surface area contributed by atoms with Crippen molar-refractivity contribution >= 4 is 11.9 Å². The van der Waals surface area contributed by atoms with Crippen LogP contribution in [0.3, 0.4) is 0 Å². The molecule has 0 spiro atoms. The zero-order valence-corrected chi connectivity index (χ0v) is 24.3. The van der Waals surface area contributed by atoms with E-state index >= 15 is 0 Å². The first kappa shape index (κ1) is 29.5. The van der Waals surface area contributed by atoms with Gasteiger partial charge in [-0.3, -0.25) is 4.79 Å². The molecule has 4 saturated carbocycles. The minimum Gasteiger partial charge on any atom is -0.480 e. The molecule has 1 amide bonds. The summed E-state index contributed by atoms with van der Waals surface area (Å²) in [6.45, 7) is 6.90. The summed E-state index contributed by atoms with van der Waals surface area (Å²) >= 11 is 0. The first-order valence-electron chi connectivity index (χ1n) is 15.6. The van der Waals surface area contributed by atoms with Gasteiger partial charge in [0.15, 0.2) is 0 Å². The second-order valence-electron chi connectivity index (χ2n) is 14.2. The Balaban J connectivity index is 1.22. The van der Waals surface area contributed by atoms with E-state index in [0.29, 0.717) is 42.9 Å². The Morgan fingerprint density at radius 3 is 2.30 bits per heavy atom. The van der Waals surface area contributed by atoms with Crippen molar-refractivity contribution in [2.75, 3.05) is 0 Å². The molecule has 5 N–H and O–H groups in total. The molecule has 5 rings (SSSR count). The molecule has 0 radical (unpaired) electrons. The van der Waals surface area contributed by atoms with E-state index in [1.54, 1.807) is 0 Å². The molecule has 1 aromatic carbocycles. The molecule has 222 valence electrons. The van der Waals surface area contributed by atoms with Gasteiger partial charge >= 0.3 is 5.97 Å². The van der Waals surface area contributed by atoms with Gasteiger partial charge in [-0.25, -0.2) is 4.79 Å². The van der Waals surface area contributed by atoms with Crippen LogP contribution in [0.2, 0.25) is 0 Å². The van der Waals surface area contributed by atoms with Crippen molar-refractivity contribution in [1.82, 2.24) is 5.32 Å². The molecule has 12 atom stereocenters. The number of amides is 1. The Morgan fingerprint density at radius 2 is 1.60 bits per heavy atom. The van der Waals surface area contributed by atoms with Crippen LogP contribution in [-0.2, 0) is 16.0 Å². The Kier molecular flexibility index (Phi) is 8.40. The normalized spacial score (nSPS) is 42.1. The first-order chi connectivity index (χ1) is 19.0. The van der Waals surface area contributed by atoms with Crippen LogP contribution in [0.5, 0.6) is 0 Å². The zero-order chi connectivity index (χ0) is 28.8. The molecule has 4 aliphatic carbocycles. The van der Waals surface area contributed by atoms with E-state index in [1.807, 2.05) is 30.3 Å². The molecule has 4 aliphatic rings. The fourth-order valence-corrected chi connectivity index (χ4v) is 10.1. The molecule has 0 aromatic heterocycles. The molecule has 0 unspecified atom stereocenters. The third kappa shape index (κ3) is 5.22. The molecule has 0 aliphatic heterocycles. The van der Waals surface area contributed by atoms with Gasteiger partial charge in [-0.2, -0.15) is 0 Å². The zero-order valence-electron chi connectivity index (χ0n) is 24.3. The van der Waals surface area contributed by atoms with E-state index < -0.39 is 24.2 Å². The fourth-order valence-electron chi connectivity index (χ4n) is 10.1. The summed E-state index contributed by atoms with van der Waals surface area (Å²) in [6, 6.07) is 8.42. The third-order valence-corrected chi connectivity index (χ3v) is 12.2. The summed E-state index contributed by atoms with van der Waals surface area (Å²) in [5.74, 6) is 0.195. The number of fused-ring (bicyclic) bond motifs is 5. The van der Waals surface area contributed by atoms with Crippen LogP contribution in [0.1, 0.15) is 84.1 Å². The number of carboxylic acid groups (broad SMARTS) is 1. The topological polar surface area (TPSA) is 127 Å². The molecule has 0 saturated heterocycles. The predicted molar refractivity (Wildman–Crippen MR) is 152 cm³/mol. The van der Waals surface area contributed by atoms with Crippen molar-refractivity contribution in [1.29, 1.82) is 0 Å². The highest BCUT2D eigenvalue weighted by Crippen LogP contribution is 2.68. The molecule has 7 nitrogen and oxygen atoms in total. The van der Waals surface area contributed by atoms with Gasteiger partial charge in [0.2, 0.25) is 5.91 Å². The van der Waals surface area contributed by atoms with Crippen LogP contribution in [-0.4, -0.2) is 56.7 Å². The highest BCUT2D eigenvalue weighted by molar-refractivity contribution is 5.83. The fraction of sp³-hybridized carbons (Fsp3) is 0.758. The van der Waals surface area contributed by atoms with E-state index in [1.165, 1.54) is 0 Å². The average Bonchev–Trinajstić information content (AvgIpc) is 3.28. The van der Waals surface area contributed by atoms with E-state index in [4.69, 9.17) is 0 Å². The van der Waals surface area contributed by atoms with E-state index in [9.17, 15) is 30.0 Å². The molecule has 0 heterocycles. The third-order valence-electron chi connectivity index (χ3n) is 12.2. The molecule has 7 heteroatoms. The van der Waals surface area contributed by atoms with Crippen LogP contribution < -0.4 is 5.32 Å². The van der Waals surface area contributed by atoms with E-state index in [2.05, 4.69) is 26.1 Å². The second kappa shape index (κ2) is 11.4.